The van der Waals surface area contributed by atoms with E-state index in [0.29, 0.717) is 18.9 Å². The first-order chi connectivity index (χ1) is 7.69. The van der Waals surface area contributed by atoms with Crippen LogP contribution in [-0.4, -0.2) is 24.2 Å². The third-order valence-corrected chi connectivity index (χ3v) is 1.81. The molecule has 16 heavy (non-hydrogen) atoms. The van der Waals surface area contributed by atoms with Crippen LogP contribution in [0.2, 0.25) is 0 Å². The van der Waals surface area contributed by atoms with Crippen LogP contribution in [0.25, 0.3) is 0 Å². The van der Waals surface area contributed by atoms with Gasteiger partial charge in [-0.2, -0.15) is 0 Å². The summed E-state index contributed by atoms with van der Waals surface area (Å²) in [6.07, 6.45) is 2.29. The highest BCUT2D eigenvalue weighted by molar-refractivity contribution is 5.92. The van der Waals surface area contributed by atoms with Crippen LogP contribution in [0.3, 0.4) is 0 Å². The molecule has 0 radical (unpaired) electrons. The van der Waals surface area contributed by atoms with Crippen molar-refractivity contribution in [3.63, 3.8) is 0 Å². The topological polar surface area (TPSA) is 74.4 Å². The van der Waals surface area contributed by atoms with E-state index in [1.54, 1.807) is 6.92 Å². The monoisotopic (exact) mass is 224 g/mol. The largest absolute Gasteiger partial charge is 0.477 e. The molecule has 0 aromatic carbocycles. The fraction of sp³-hybridized carbons (Fsp3) is 0.455. The van der Waals surface area contributed by atoms with Crippen LogP contribution in [0.15, 0.2) is 12.3 Å². The van der Waals surface area contributed by atoms with E-state index in [2.05, 4.69) is 4.98 Å². The van der Waals surface area contributed by atoms with E-state index in [9.17, 15) is 4.79 Å². The molecule has 1 heterocycles. The summed E-state index contributed by atoms with van der Waals surface area (Å²) < 4.78 is 10.2. The van der Waals surface area contributed by atoms with E-state index in [0.717, 1.165) is 6.42 Å². The van der Waals surface area contributed by atoms with Crippen LogP contribution in [0, 0.1) is 0 Å². The molecule has 0 aliphatic carbocycles. The van der Waals surface area contributed by atoms with Crippen LogP contribution in [0.1, 0.15) is 30.6 Å². The molecule has 0 amide bonds. The van der Waals surface area contributed by atoms with Crippen LogP contribution >= 0.6 is 0 Å². The summed E-state index contributed by atoms with van der Waals surface area (Å²) >= 11 is 0. The Labute approximate surface area is 94.6 Å². The summed E-state index contributed by atoms with van der Waals surface area (Å²) in [6.45, 7) is 4.52. The molecule has 0 spiro atoms. The minimum absolute atomic E-state index is 0.273. The van der Waals surface area contributed by atoms with Crippen molar-refractivity contribution in [2.45, 2.75) is 20.3 Å². The third kappa shape index (κ3) is 3.12. The van der Waals surface area contributed by atoms with Gasteiger partial charge in [0.1, 0.15) is 5.56 Å². The Balaban J connectivity index is 2.93. The molecule has 0 saturated carbocycles. The van der Waals surface area contributed by atoms with E-state index >= 15 is 0 Å². The second-order valence-electron chi connectivity index (χ2n) is 3.19. The predicted molar refractivity (Wildman–Crippen MR) is 60.4 cm³/mol. The average molecular weight is 224 g/mol. The van der Waals surface area contributed by atoms with Crippen molar-refractivity contribution in [3.8, 4) is 5.88 Å². The lowest BCUT2D eigenvalue weighted by Gasteiger charge is -2.09. The smallest absolute Gasteiger partial charge is 0.343 e. The van der Waals surface area contributed by atoms with Gasteiger partial charge in [0, 0.05) is 0 Å². The minimum Gasteiger partial charge on any atom is -0.477 e. The number of nitrogens with zero attached hydrogens (tertiary/aromatic N) is 1. The molecular weight excluding hydrogens is 208 g/mol. The van der Waals surface area contributed by atoms with Crippen LogP contribution < -0.4 is 10.5 Å². The van der Waals surface area contributed by atoms with Gasteiger partial charge in [-0.15, -0.1) is 0 Å². The van der Waals surface area contributed by atoms with Crippen molar-refractivity contribution < 1.29 is 14.3 Å². The lowest BCUT2D eigenvalue weighted by atomic mass is 10.2. The number of hydrogen-bond donors (Lipinski definition) is 1. The van der Waals surface area contributed by atoms with Crippen molar-refractivity contribution in [2.75, 3.05) is 18.9 Å². The number of ether oxygens (including phenoxy) is 2. The standard InChI is InChI=1S/C11H16N2O3/c1-3-5-16-10-9(11(14)15-4-2)6-8(12)7-13-10/h6-7H,3-5,12H2,1-2H3. The first-order valence-corrected chi connectivity index (χ1v) is 5.24. The number of nitrogen functional groups attached to an aromatic ring is 1. The van der Waals surface area contributed by atoms with Crippen LogP contribution in [0.5, 0.6) is 5.88 Å². The zero-order valence-corrected chi connectivity index (χ0v) is 9.53. The Morgan fingerprint density at radius 1 is 1.50 bits per heavy atom. The van der Waals surface area contributed by atoms with E-state index in [4.69, 9.17) is 15.2 Å². The van der Waals surface area contributed by atoms with Gasteiger partial charge in [0.15, 0.2) is 0 Å². The van der Waals surface area contributed by atoms with Gasteiger partial charge >= 0.3 is 5.97 Å². The molecule has 0 aliphatic heterocycles. The molecule has 0 unspecified atom stereocenters. The van der Waals surface area contributed by atoms with Gasteiger partial charge in [-0.05, 0) is 19.4 Å². The van der Waals surface area contributed by atoms with Crippen molar-refractivity contribution >= 4 is 11.7 Å². The molecule has 0 bridgehead atoms. The number of nitrogens with two attached hydrogens (primary N) is 1. The number of carbonyl (C=O) groups is 1. The van der Waals surface area contributed by atoms with Crippen molar-refractivity contribution in [2.24, 2.45) is 0 Å². The van der Waals surface area contributed by atoms with Crippen molar-refractivity contribution in [1.29, 1.82) is 0 Å². The zero-order valence-electron chi connectivity index (χ0n) is 9.53. The fourth-order valence-corrected chi connectivity index (χ4v) is 1.14. The molecule has 5 heteroatoms. The van der Waals surface area contributed by atoms with Crippen LogP contribution in [-0.2, 0) is 4.74 Å². The minimum atomic E-state index is -0.464. The molecule has 1 aromatic heterocycles. The van der Waals surface area contributed by atoms with Gasteiger partial charge < -0.3 is 15.2 Å². The number of rotatable bonds is 5. The number of pyridine rings is 1. The third-order valence-electron chi connectivity index (χ3n) is 1.81. The van der Waals surface area contributed by atoms with Crippen molar-refractivity contribution in [3.05, 3.63) is 17.8 Å². The Bertz CT molecular complexity index is 366. The zero-order chi connectivity index (χ0) is 12.0. The molecule has 0 aliphatic rings. The first-order valence-electron chi connectivity index (χ1n) is 5.24. The molecule has 5 nitrogen and oxygen atoms in total. The number of hydrogen-bond acceptors (Lipinski definition) is 5. The molecule has 88 valence electrons. The molecule has 0 atom stereocenters. The van der Waals surface area contributed by atoms with Crippen molar-refractivity contribution in [1.82, 2.24) is 4.98 Å². The molecule has 1 rings (SSSR count). The second-order valence-corrected chi connectivity index (χ2v) is 3.19. The highest BCUT2D eigenvalue weighted by Gasteiger charge is 2.15. The second kappa shape index (κ2) is 5.95. The van der Waals surface area contributed by atoms with E-state index in [1.165, 1.54) is 12.3 Å². The Kier molecular flexibility index (Phi) is 4.57. The maximum atomic E-state index is 11.6. The van der Waals surface area contributed by atoms with Gasteiger partial charge in [-0.25, -0.2) is 9.78 Å². The van der Waals surface area contributed by atoms with Gasteiger partial charge in [0.05, 0.1) is 25.1 Å². The van der Waals surface area contributed by atoms with Gasteiger partial charge in [-0.1, -0.05) is 6.92 Å². The van der Waals surface area contributed by atoms with Gasteiger partial charge in [0.25, 0.3) is 0 Å². The lowest BCUT2D eigenvalue weighted by molar-refractivity contribution is 0.0520. The van der Waals surface area contributed by atoms with E-state index in [-0.39, 0.29) is 11.4 Å². The number of anilines is 1. The summed E-state index contributed by atoms with van der Waals surface area (Å²) in [7, 11) is 0. The highest BCUT2D eigenvalue weighted by atomic mass is 16.5. The Morgan fingerprint density at radius 3 is 2.88 bits per heavy atom. The van der Waals surface area contributed by atoms with E-state index < -0.39 is 5.97 Å². The molecule has 2 N–H and O–H groups in total. The summed E-state index contributed by atoms with van der Waals surface area (Å²) in [5, 5.41) is 0. The fourth-order valence-electron chi connectivity index (χ4n) is 1.14. The number of aromatic nitrogens is 1. The summed E-state index contributed by atoms with van der Waals surface area (Å²) in [5.41, 5.74) is 6.25. The summed E-state index contributed by atoms with van der Waals surface area (Å²) in [5.74, 6) is -0.192. The number of carbonyl (C=O) groups excluding carboxylic acids is 1. The van der Waals surface area contributed by atoms with Gasteiger partial charge in [0.2, 0.25) is 5.88 Å². The predicted octanol–water partition coefficient (Wildman–Crippen LogP) is 1.63. The average Bonchev–Trinajstić information content (AvgIpc) is 2.27. The number of esters is 1. The summed E-state index contributed by atoms with van der Waals surface area (Å²) in [4.78, 5) is 15.6. The normalized spacial score (nSPS) is 9.88. The maximum Gasteiger partial charge on any atom is 0.343 e. The molecule has 0 fully saturated rings. The van der Waals surface area contributed by atoms with Crippen LogP contribution in [0.4, 0.5) is 5.69 Å². The molecule has 1 aromatic rings. The molecular formula is C11H16N2O3. The maximum absolute atomic E-state index is 11.6. The summed E-state index contributed by atoms with van der Waals surface area (Å²) in [6, 6.07) is 1.51. The Hall–Kier alpha value is -1.78. The van der Waals surface area contributed by atoms with Gasteiger partial charge in [-0.3, -0.25) is 0 Å². The SMILES string of the molecule is CCCOc1ncc(N)cc1C(=O)OCC. The lowest BCUT2D eigenvalue weighted by Crippen LogP contribution is -2.10. The first kappa shape index (κ1) is 12.3. The quantitative estimate of drug-likeness (QED) is 0.769. The van der Waals surface area contributed by atoms with E-state index in [1.807, 2.05) is 6.92 Å². The Morgan fingerprint density at radius 2 is 2.25 bits per heavy atom. The highest BCUT2D eigenvalue weighted by Crippen LogP contribution is 2.19. The molecule has 0 saturated heterocycles.